The average molecular weight is 88.1 g/mol. The fraction of sp³-hybridized carbons (Fsp3) is 0.500. The Kier molecular flexibility index (Phi) is 2.34. The third-order valence-electron chi connectivity index (χ3n) is 0.375. The Morgan fingerprint density at radius 3 is 2.50 bits per heavy atom. The zero-order valence-electron chi connectivity index (χ0n) is 3.49. The van der Waals surface area contributed by atoms with Crippen LogP contribution in [0.1, 0.15) is 6.92 Å². The van der Waals surface area contributed by atoms with E-state index in [1.807, 2.05) is 0 Å². The molecule has 0 atom stereocenters. The molecule has 0 radical (unpaired) electrons. The first-order valence-corrected chi connectivity index (χ1v) is 1.57. The van der Waals surface area contributed by atoms with Crippen molar-refractivity contribution in [1.29, 1.82) is 0 Å². The van der Waals surface area contributed by atoms with Gasteiger partial charge >= 0.3 is 0 Å². The average Bonchev–Trinajstić information content (AvgIpc) is 1.65. The zero-order chi connectivity index (χ0) is 4.99. The Balaban J connectivity index is 3.52. The monoisotopic (exact) mass is 88.0 g/mol. The number of carbonyl (C=O) groups excluding carboxylic acids is 1. The molecule has 34 valence electrons. The second-order valence-electron chi connectivity index (χ2n) is 1.02. The lowest BCUT2D eigenvalue weighted by Gasteiger charge is -1.73. The second kappa shape index (κ2) is 2.61. The molecule has 0 rings (SSSR count). The molecule has 0 unspecified atom stereocenters. The SMILES string of the molecule is CC(=C=O)CF. The topological polar surface area (TPSA) is 17.1 Å². The molecule has 0 aliphatic heterocycles. The van der Waals surface area contributed by atoms with E-state index in [4.69, 9.17) is 0 Å². The van der Waals surface area contributed by atoms with Crippen LogP contribution < -0.4 is 0 Å². The molecule has 0 saturated carbocycles. The molecule has 0 fully saturated rings. The number of hydrogen-bond acceptors (Lipinski definition) is 1. The maximum atomic E-state index is 11.1. The standard InChI is InChI=1S/C4H5FO/c1-4(2-5)3-6/h2H2,1H3. The van der Waals surface area contributed by atoms with E-state index in [-0.39, 0.29) is 5.57 Å². The lowest BCUT2D eigenvalue weighted by atomic mass is 10.4. The quantitative estimate of drug-likeness (QED) is 0.432. The van der Waals surface area contributed by atoms with Crippen LogP contribution in [0.3, 0.4) is 0 Å². The van der Waals surface area contributed by atoms with Gasteiger partial charge in [0.15, 0.2) is 0 Å². The Morgan fingerprint density at radius 1 is 2.00 bits per heavy atom. The minimum atomic E-state index is -0.677. The van der Waals surface area contributed by atoms with E-state index in [2.05, 4.69) is 0 Å². The molecular formula is C4H5FO. The summed E-state index contributed by atoms with van der Waals surface area (Å²) in [5, 5.41) is 0. The van der Waals surface area contributed by atoms with Crippen LogP contribution in [-0.4, -0.2) is 12.6 Å². The van der Waals surface area contributed by atoms with Crippen molar-refractivity contribution < 1.29 is 9.18 Å². The van der Waals surface area contributed by atoms with Crippen LogP contribution in [0.25, 0.3) is 0 Å². The summed E-state index contributed by atoms with van der Waals surface area (Å²) in [6.07, 6.45) is 0. The van der Waals surface area contributed by atoms with Crippen molar-refractivity contribution in [3.8, 4) is 0 Å². The highest BCUT2D eigenvalue weighted by Gasteiger charge is 1.79. The Bertz CT molecular complexity index is 81.5. The van der Waals surface area contributed by atoms with Crippen molar-refractivity contribution >= 4 is 5.94 Å². The molecule has 6 heavy (non-hydrogen) atoms. The molecule has 0 saturated heterocycles. The van der Waals surface area contributed by atoms with E-state index in [1.54, 1.807) is 0 Å². The molecule has 0 aromatic rings. The maximum Gasteiger partial charge on any atom is 0.125 e. The highest BCUT2D eigenvalue weighted by molar-refractivity contribution is 5.51. The normalized spacial score (nSPS) is 7.00. The summed E-state index contributed by atoms with van der Waals surface area (Å²) in [6, 6.07) is 0. The van der Waals surface area contributed by atoms with Gasteiger partial charge < -0.3 is 0 Å². The lowest BCUT2D eigenvalue weighted by molar-refractivity contribution is 0.533. The lowest BCUT2D eigenvalue weighted by Crippen LogP contribution is -1.74. The maximum absolute atomic E-state index is 11.1. The fourth-order valence-electron chi connectivity index (χ4n) is 0.0273. The zero-order valence-corrected chi connectivity index (χ0v) is 3.49. The first-order valence-electron chi connectivity index (χ1n) is 1.57. The Hall–Kier alpha value is -0.620. The smallest absolute Gasteiger partial charge is 0.125 e. The molecule has 0 bridgehead atoms. The van der Waals surface area contributed by atoms with Crippen LogP contribution in [0.4, 0.5) is 4.39 Å². The molecule has 0 heterocycles. The Morgan fingerprint density at radius 2 is 2.50 bits per heavy atom. The summed E-state index contributed by atoms with van der Waals surface area (Å²) in [5.74, 6) is 1.41. The van der Waals surface area contributed by atoms with E-state index < -0.39 is 6.67 Å². The van der Waals surface area contributed by atoms with Crippen LogP contribution in [0.2, 0.25) is 0 Å². The number of hydrogen-bond donors (Lipinski definition) is 0. The van der Waals surface area contributed by atoms with E-state index in [0.717, 1.165) is 0 Å². The summed E-state index contributed by atoms with van der Waals surface area (Å²) in [6.45, 7) is 0.719. The fourth-order valence-corrected chi connectivity index (χ4v) is 0.0273. The van der Waals surface area contributed by atoms with Crippen molar-refractivity contribution in [2.45, 2.75) is 6.92 Å². The largest absolute Gasteiger partial charge is 0.245 e. The van der Waals surface area contributed by atoms with Gasteiger partial charge in [-0.2, -0.15) is 0 Å². The molecule has 0 aromatic heterocycles. The van der Waals surface area contributed by atoms with Gasteiger partial charge in [-0.25, -0.2) is 9.18 Å². The molecule has 2 heteroatoms. The third-order valence-corrected chi connectivity index (χ3v) is 0.375. The molecule has 0 aromatic carbocycles. The van der Waals surface area contributed by atoms with Crippen LogP contribution in [0.5, 0.6) is 0 Å². The van der Waals surface area contributed by atoms with Gasteiger partial charge in [-0.15, -0.1) is 0 Å². The summed E-state index contributed by atoms with van der Waals surface area (Å²) >= 11 is 0. The minimum Gasteiger partial charge on any atom is -0.245 e. The summed E-state index contributed by atoms with van der Waals surface area (Å²) < 4.78 is 11.1. The molecule has 0 N–H and O–H groups in total. The first-order chi connectivity index (χ1) is 2.81. The third kappa shape index (κ3) is 1.68. The van der Waals surface area contributed by atoms with Crippen LogP contribution in [-0.2, 0) is 4.79 Å². The van der Waals surface area contributed by atoms with Gasteiger partial charge in [0.25, 0.3) is 0 Å². The van der Waals surface area contributed by atoms with E-state index in [9.17, 15) is 9.18 Å². The van der Waals surface area contributed by atoms with Crippen LogP contribution in [0.15, 0.2) is 5.57 Å². The van der Waals surface area contributed by atoms with E-state index in [1.165, 1.54) is 12.9 Å². The predicted molar refractivity (Wildman–Crippen MR) is 20.9 cm³/mol. The predicted octanol–water partition coefficient (Wildman–Crippen LogP) is 0.734. The highest BCUT2D eigenvalue weighted by atomic mass is 19.1. The number of halogens is 1. The second-order valence-corrected chi connectivity index (χ2v) is 1.02. The van der Waals surface area contributed by atoms with Crippen molar-refractivity contribution in [2.75, 3.05) is 6.67 Å². The molecule has 0 aliphatic rings. The highest BCUT2D eigenvalue weighted by Crippen LogP contribution is 1.81. The van der Waals surface area contributed by atoms with Gasteiger partial charge in [0.1, 0.15) is 12.6 Å². The first kappa shape index (κ1) is 5.38. The minimum absolute atomic E-state index is 0.120. The van der Waals surface area contributed by atoms with E-state index in [0.29, 0.717) is 0 Å². The number of allylic oxidation sites excluding steroid dienone is 1. The van der Waals surface area contributed by atoms with Crippen molar-refractivity contribution in [1.82, 2.24) is 0 Å². The molecular weight excluding hydrogens is 83.0 g/mol. The summed E-state index contributed by atoms with van der Waals surface area (Å²) in [7, 11) is 0. The van der Waals surface area contributed by atoms with Crippen molar-refractivity contribution in [3.05, 3.63) is 5.57 Å². The van der Waals surface area contributed by atoms with Gasteiger partial charge in [-0.1, -0.05) is 0 Å². The van der Waals surface area contributed by atoms with Crippen molar-refractivity contribution in [3.63, 3.8) is 0 Å². The van der Waals surface area contributed by atoms with Gasteiger partial charge in [-0.3, -0.25) is 0 Å². The molecule has 0 aliphatic carbocycles. The van der Waals surface area contributed by atoms with Gasteiger partial charge in [-0.05, 0) is 6.92 Å². The molecule has 0 spiro atoms. The number of rotatable bonds is 1. The van der Waals surface area contributed by atoms with Crippen LogP contribution >= 0.6 is 0 Å². The van der Waals surface area contributed by atoms with Crippen molar-refractivity contribution in [2.24, 2.45) is 0 Å². The molecule has 1 nitrogen and oxygen atoms in total. The Labute approximate surface area is 35.5 Å². The van der Waals surface area contributed by atoms with E-state index >= 15 is 0 Å². The number of alkyl halides is 1. The van der Waals surface area contributed by atoms with Crippen LogP contribution in [0, 0.1) is 0 Å². The van der Waals surface area contributed by atoms with Gasteiger partial charge in [0.2, 0.25) is 0 Å². The summed E-state index contributed by atoms with van der Waals surface area (Å²) in [5.41, 5.74) is 0.120. The summed E-state index contributed by atoms with van der Waals surface area (Å²) in [4.78, 5) is 9.33. The van der Waals surface area contributed by atoms with Gasteiger partial charge in [0.05, 0.1) is 0 Å². The van der Waals surface area contributed by atoms with Gasteiger partial charge in [0, 0.05) is 5.57 Å². The molecule has 0 amide bonds.